The van der Waals surface area contributed by atoms with Crippen LogP contribution in [0.3, 0.4) is 0 Å². The quantitative estimate of drug-likeness (QED) is 0.683. The number of rotatable bonds is 1. The second-order valence-corrected chi connectivity index (χ2v) is 3.96. The third kappa shape index (κ3) is 1.76. The minimum Gasteiger partial charge on any atom is -0.383 e. The predicted molar refractivity (Wildman–Crippen MR) is 52.4 cm³/mol. The van der Waals surface area contributed by atoms with Crippen LogP contribution in [-0.2, 0) is 5.60 Å². The van der Waals surface area contributed by atoms with Crippen LogP contribution in [0, 0.1) is 0 Å². The molecule has 1 aliphatic carbocycles. The summed E-state index contributed by atoms with van der Waals surface area (Å²) in [4.78, 5) is 8.12. The van der Waals surface area contributed by atoms with Crippen molar-refractivity contribution in [2.24, 2.45) is 5.73 Å². The maximum Gasteiger partial charge on any atom is 0.108 e. The van der Waals surface area contributed by atoms with Crippen LogP contribution in [0.4, 0.5) is 0 Å². The number of hydrogen-bond donors (Lipinski definition) is 2. The van der Waals surface area contributed by atoms with E-state index in [0.29, 0.717) is 18.5 Å². The van der Waals surface area contributed by atoms with Crippen LogP contribution in [0.25, 0.3) is 0 Å². The smallest absolute Gasteiger partial charge is 0.108 e. The number of aromatic nitrogens is 2. The molecule has 0 radical (unpaired) electrons. The molecule has 0 saturated heterocycles. The Morgan fingerprint density at radius 3 is 2.64 bits per heavy atom. The number of aliphatic hydroxyl groups is 1. The zero-order valence-corrected chi connectivity index (χ0v) is 8.06. The molecule has 76 valence electrons. The van der Waals surface area contributed by atoms with Gasteiger partial charge in [0.15, 0.2) is 0 Å². The maximum absolute atomic E-state index is 10.3. The number of nitrogens with zero attached hydrogens (tertiary/aromatic N) is 2. The summed E-state index contributed by atoms with van der Waals surface area (Å²) in [6.45, 7) is 0. The molecule has 0 amide bonds. The van der Waals surface area contributed by atoms with E-state index < -0.39 is 5.60 Å². The van der Waals surface area contributed by atoms with Crippen LogP contribution in [0.2, 0.25) is 0 Å². The van der Waals surface area contributed by atoms with E-state index >= 15 is 0 Å². The lowest BCUT2D eigenvalue weighted by atomic mass is 9.80. The monoisotopic (exact) mass is 193 g/mol. The first-order chi connectivity index (χ1) is 6.71. The van der Waals surface area contributed by atoms with E-state index in [2.05, 4.69) is 9.97 Å². The van der Waals surface area contributed by atoms with Crippen molar-refractivity contribution in [2.75, 3.05) is 0 Å². The van der Waals surface area contributed by atoms with Crippen molar-refractivity contribution in [2.45, 2.75) is 37.3 Å². The first-order valence-corrected chi connectivity index (χ1v) is 4.95. The molecule has 0 aromatic carbocycles. The van der Waals surface area contributed by atoms with Crippen molar-refractivity contribution in [3.05, 3.63) is 24.3 Å². The van der Waals surface area contributed by atoms with Gasteiger partial charge in [-0.15, -0.1) is 0 Å². The third-order valence-corrected chi connectivity index (χ3v) is 2.90. The Morgan fingerprint density at radius 2 is 2.07 bits per heavy atom. The Labute approximate surface area is 83.2 Å². The molecule has 0 bridgehead atoms. The normalized spacial score (nSPS) is 32.9. The number of hydrogen-bond acceptors (Lipinski definition) is 4. The van der Waals surface area contributed by atoms with E-state index in [9.17, 15) is 5.11 Å². The average molecular weight is 193 g/mol. The molecule has 1 aliphatic rings. The molecule has 3 N–H and O–H groups in total. The fraction of sp³-hybridized carbons (Fsp3) is 0.600. The second-order valence-electron chi connectivity index (χ2n) is 3.96. The van der Waals surface area contributed by atoms with Crippen LogP contribution in [0.1, 0.15) is 31.4 Å². The van der Waals surface area contributed by atoms with Crippen molar-refractivity contribution >= 4 is 0 Å². The highest BCUT2D eigenvalue weighted by Gasteiger charge is 2.34. The lowest BCUT2D eigenvalue weighted by molar-refractivity contribution is -0.00920. The highest BCUT2D eigenvalue weighted by molar-refractivity contribution is 5.09. The Bertz CT molecular complexity index is 293. The molecule has 0 spiro atoms. The van der Waals surface area contributed by atoms with Gasteiger partial charge in [0.05, 0.1) is 11.9 Å². The lowest BCUT2D eigenvalue weighted by Crippen LogP contribution is -2.37. The van der Waals surface area contributed by atoms with Gasteiger partial charge in [-0.3, -0.25) is 9.97 Å². The molecule has 4 nitrogen and oxygen atoms in total. The molecule has 0 aliphatic heterocycles. The molecule has 2 rings (SSSR count). The molecule has 1 fully saturated rings. The molecule has 1 saturated carbocycles. The maximum atomic E-state index is 10.3. The van der Waals surface area contributed by atoms with Gasteiger partial charge < -0.3 is 10.8 Å². The summed E-state index contributed by atoms with van der Waals surface area (Å²) in [5.41, 5.74) is 5.66. The average Bonchev–Trinajstić information content (AvgIpc) is 2.24. The van der Waals surface area contributed by atoms with E-state index in [0.717, 1.165) is 12.8 Å². The van der Waals surface area contributed by atoms with Gasteiger partial charge in [-0.1, -0.05) is 0 Å². The van der Waals surface area contributed by atoms with Crippen LogP contribution < -0.4 is 5.73 Å². The van der Waals surface area contributed by atoms with Crippen molar-refractivity contribution in [3.63, 3.8) is 0 Å². The molecular formula is C10H15N3O. The summed E-state index contributed by atoms with van der Waals surface area (Å²) >= 11 is 0. The third-order valence-electron chi connectivity index (χ3n) is 2.90. The molecule has 0 unspecified atom stereocenters. The molecule has 0 atom stereocenters. The lowest BCUT2D eigenvalue weighted by Gasteiger charge is -2.33. The molecule has 14 heavy (non-hydrogen) atoms. The van der Waals surface area contributed by atoms with E-state index in [1.165, 1.54) is 0 Å². The van der Waals surface area contributed by atoms with Crippen molar-refractivity contribution < 1.29 is 5.11 Å². The van der Waals surface area contributed by atoms with Gasteiger partial charge in [-0.25, -0.2) is 0 Å². The summed E-state index contributed by atoms with van der Waals surface area (Å²) in [6.07, 6.45) is 7.94. The zero-order valence-electron chi connectivity index (χ0n) is 8.06. The summed E-state index contributed by atoms with van der Waals surface area (Å²) in [5.74, 6) is 0. The summed E-state index contributed by atoms with van der Waals surface area (Å²) in [7, 11) is 0. The highest BCUT2D eigenvalue weighted by Crippen LogP contribution is 2.34. The van der Waals surface area contributed by atoms with Crippen LogP contribution >= 0.6 is 0 Å². The Morgan fingerprint density at radius 1 is 1.36 bits per heavy atom. The first kappa shape index (κ1) is 9.55. The fourth-order valence-electron chi connectivity index (χ4n) is 1.91. The highest BCUT2D eigenvalue weighted by atomic mass is 16.3. The topological polar surface area (TPSA) is 72.0 Å². The van der Waals surface area contributed by atoms with Gasteiger partial charge in [0, 0.05) is 18.4 Å². The van der Waals surface area contributed by atoms with E-state index in [1.54, 1.807) is 18.6 Å². The fourth-order valence-corrected chi connectivity index (χ4v) is 1.91. The van der Waals surface area contributed by atoms with Gasteiger partial charge in [0.2, 0.25) is 0 Å². The molecule has 1 aromatic rings. The van der Waals surface area contributed by atoms with Gasteiger partial charge >= 0.3 is 0 Å². The van der Waals surface area contributed by atoms with E-state index in [4.69, 9.17) is 5.73 Å². The summed E-state index contributed by atoms with van der Waals surface area (Å²) in [5, 5.41) is 10.3. The summed E-state index contributed by atoms with van der Waals surface area (Å²) < 4.78 is 0. The van der Waals surface area contributed by atoms with Crippen molar-refractivity contribution in [1.29, 1.82) is 0 Å². The van der Waals surface area contributed by atoms with Crippen LogP contribution in [0.15, 0.2) is 18.6 Å². The first-order valence-electron chi connectivity index (χ1n) is 4.95. The second kappa shape index (κ2) is 3.63. The molecule has 4 heteroatoms. The van der Waals surface area contributed by atoms with E-state index in [-0.39, 0.29) is 6.04 Å². The van der Waals surface area contributed by atoms with Crippen LogP contribution in [-0.4, -0.2) is 21.1 Å². The Kier molecular flexibility index (Phi) is 2.48. The minimum absolute atomic E-state index is 0.229. The van der Waals surface area contributed by atoms with Gasteiger partial charge in [0.25, 0.3) is 0 Å². The van der Waals surface area contributed by atoms with Gasteiger partial charge in [-0.05, 0) is 25.7 Å². The largest absolute Gasteiger partial charge is 0.383 e. The number of nitrogens with two attached hydrogens (primary N) is 1. The standard InChI is InChI=1S/C10H15N3O/c11-8-1-3-10(14,4-2-8)9-7-12-5-6-13-9/h5-8,14H,1-4,11H2. The minimum atomic E-state index is -0.801. The van der Waals surface area contributed by atoms with Crippen molar-refractivity contribution in [3.8, 4) is 0 Å². The molecule has 1 aromatic heterocycles. The molecule has 1 heterocycles. The Balaban J connectivity index is 2.17. The Hall–Kier alpha value is -1.00. The zero-order chi connectivity index (χ0) is 10.0. The SMILES string of the molecule is NC1CCC(O)(c2cnccn2)CC1. The summed E-state index contributed by atoms with van der Waals surface area (Å²) in [6, 6.07) is 0.229. The molecular weight excluding hydrogens is 178 g/mol. The van der Waals surface area contributed by atoms with Gasteiger partial charge in [0.1, 0.15) is 5.60 Å². The van der Waals surface area contributed by atoms with Gasteiger partial charge in [-0.2, -0.15) is 0 Å². The van der Waals surface area contributed by atoms with Crippen molar-refractivity contribution in [1.82, 2.24) is 9.97 Å². The van der Waals surface area contributed by atoms with Crippen LogP contribution in [0.5, 0.6) is 0 Å². The van der Waals surface area contributed by atoms with E-state index in [1.807, 2.05) is 0 Å². The predicted octanol–water partition coefficient (Wildman–Crippen LogP) is 0.565.